The number of hydrogen-bond acceptors (Lipinski definition) is 5. The van der Waals surface area contributed by atoms with Crippen molar-refractivity contribution >= 4 is 0 Å². The summed E-state index contributed by atoms with van der Waals surface area (Å²) in [6.07, 6.45) is 3.56. The van der Waals surface area contributed by atoms with Crippen molar-refractivity contribution in [2.45, 2.75) is 5.92 Å². The molecule has 1 atom stereocenters. The zero-order valence-electron chi connectivity index (χ0n) is 9.33. The van der Waals surface area contributed by atoms with Crippen molar-refractivity contribution in [3.05, 3.63) is 35.9 Å². The third-order valence-corrected chi connectivity index (χ3v) is 2.48. The molecule has 2 aromatic rings. The zero-order valence-corrected chi connectivity index (χ0v) is 9.33. The van der Waals surface area contributed by atoms with Crippen LogP contribution in [0.4, 0.5) is 0 Å². The van der Waals surface area contributed by atoms with Gasteiger partial charge in [0.15, 0.2) is 5.82 Å². The highest BCUT2D eigenvalue weighted by Gasteiger charge is 2.18. The number of pyridine rings is 1. The molecule has 0 saturated heterocycles. The Morgan fingerprint density at radius 1 is 1.38 bits per heavy atom. The number of aryl methyl sites for hydroxylation is 1. The largest absolute Gasteiger partial charge is 0.319 e. The van der Waals surface area contributed by atoms with Gasteiger partial charge in [0.25, 0.3) is 0 Å². The van der Waals surface area contributed by atoms with Crippen LogP contribution >= 0.6 is 0 Å². The number of tetrazole rings is 1. The molecule has 1 N–H and O–H groups in total. The van der Waals surface area contributed by atoms with Crippen LogP contribution in [0, 0.1) is 0 Å². The number of hydrogen-bond donors (Lipinski definition) is 1. The predicted molar refractivity (Wildman–Crippen MR) is 58.8 cm³/mol. The summed E-state index contributed by atoms with van der Waals surface area (Å²) in [5.41, 5.74) is 1.15. The molecule has 0 saturated carbocycles. The van der Waals surface area contributed by atoms with E-state index in [1.54, 1.807) is 17.1 Å². The monoisotopic (exact) mass is 218 g/mol. The van der Waals surface area contributed by atoms with E-state index < -0.39 is 0 Å². The van der Waals surface area contributed by atoms with E-state index >= 15 is 0 Å². The lowest BCUT2D eigenvalue weighted by Gasteiger charge is -2.14. The summed E-state index contributed by atoms with van der Waals surface area (Å²) in [5.74, 6) is 0.994. The lowest BCUT2D eigenvalue weighted by Crippen LogP contribution is -2.21. The Morgan fingerprint density at radius 2 is 2.12 bits per heavy atom. The van der Waals surface area contributed by atoms with Crippen molar-refractivity contribution in [3.8, 4) is 0 Å². The van der Waals surface area contributed by atoms with Crippen molar-refractivity contribution in [1.29, 1.82) is 0 Å². The first-order chi connectivity index (χ1) is 7.83. The highest BCUT2D eigenvalue weighted by atomic mass is 15.5. The van der Waals surface area contributed by atoms with Crippen molar-refractivity contribution in [2.75, 3.05) is 13.6 Å². The fourth-order valence-corrected chi connectivity index (χ4v) is 1.69. The molecule has 2 aromatic heterocycles. The van der Waals surface area contributed by atoms with E-state index in [9.17, 15) is 0 Å². The number of nitrogens with one attached hydrogen (secondary N) is 1. The molecule has 2 heterocycles. The maximum absolute atomic E-state index is 4.05. The molecule has 1 unspecified atom stereocenters. The van der Waals surface area contributed by atoms with E-state index in [2.05, 4.69) is 25.8 Å². The Kier molecular flexibility index (Phi) is 3.21. The molecule has 2 rings (SSSR count). The number of aromatic nitrogens is 5. The van der Waals surface area contributed by atoms with Crippen LogP contribution in [-0.2, 0) is 7.05 Å². The van der Waals surface area contributed by atoms with Gasteiger partial charge in [-0.2, -0.15) is 0 Å². The molecule has 6 nitrogen and oxygen atoms in total. The molecule has 84 valence electrons. The lowest BCUT2D eigenvalue weighted by atomic mass is 9.99. The van der Waals surface area contributed by atoms with Gasteiger partial charge in [0.2, 0.25) is 0 Å². The van der Waals surface area contributed by atoms with Crippen LogP contribution in [0.5, 0.6) is 0 Å². The standard InChI is InChI=1S/C10H14N6/c1-11-7-9(8-3-5-12-6-4-8)10-13-14-15-16(10)2/h3-6,9,11H,7H2,1-2H3. The Balaban J connectivity index is 2.35. The predicted octanol–water partition coefficient (Wildman–Crippen LogP) is -0.0436. The summed E-state index contributed by atoms with van der Waals surface area (Å²) in [7, 11) is 3.76. The second-order valence-electron chi connectivity index (χ2n) is 3.55. The van der Waals surface area contributed by atoms with E-state index in [-0.39, 0.29) is 5.92 Å². The van der Waals surface area contributed by atoms with Crippen LogP contribution < -0.4 is 5.32 Å². The second kappa shape index (κ2) is 4.80. The van der Waals surface area contributed by atoms with Gasteiger partial charge in [-0.05, 0) is 35.2 Å². The summed E-state index contributed by atoms with van der Waals surface area (Å²) in [4.78, 5) is 4.01. The molecular weight excluding hydrogens is 204 g/mol. The first kappa shape index (κ1) is 10.7. The first-order valence-corrected chi connectivity index (χ1v) is 5.09. The first-order valence-electron chi connectivity index (χ1n) is 5.09. The zero-order chi connectivity index (χ0) is 11.4. The van der Waals surface area contributed by atoms with Crippen LogP contribution in [0.15, 0.2) is 24.5 Å². The maximum Gasteiger partial charge on any atom is 0.159 e. The van der Waals surface area contributed by atoms with Crippen molar-refractivity contribution in [2.24, 2.45) is 7.05 Å². The van der Waals surface area contributed by atoms with Crippen LogP contribution in [0.1, 0.15) is 17.3 Å². The third kappa shape index (κ3) is 2.06. The SMILES string of the molecule is CNCC(c1ccncc1)c1nnnn1C. The fraction of sp³-hybridized carbons (Fsp3) is 0.400. The Morgan fingerprint density at radius 3 is 2.69 bits per heavy atom. The summed E-state index contributed by atoms with van der Waals surface area (Å²) in [5, 5.41) is 14.7. The van der Waals surface area contributed by atoms with Gasteiger partial charge < -0.3 is 5.32 Å². The lowest BCUT2D eigenvalue weighted by molar-refractivity contribution is 0.611. The van der Waals surface area contributed by atoms with Crippen molar-refractivity contribution in [3.63, 3.8) is 0 Å². The van der Waals surface area contributed by atoms with Crippen LogP contribution in [0.2, 0.25) is 0 Å². The Labute approximate surface area is 93.7 Å². The summed E-state index contributed by atoms with van der Waals surface area (Å²) >= 11 is 0. The van der Waals surface area contributed by atoms with Crippen molar-refractivity contribution in [1.82, 2.24) is 30.5 Å². The average Bonchev–Trinajstić information content (AvgIpc) is 2.73. The van der Waals surface area contributed by atoms with Gasteiger partial charge >= 0.3 is 0 Å². The minimum atomic E-state index is 0.146. The van der Waals surface area contributed by atoms with E-state index in [4.69, 9.17) is 0 Å². The molecule has 0 aliphatic rings. The van der Waals surface area contributed by atoms with E-state index in [0.29, 0.717) is 0 Å². The number of rotatable bonds is 4. The van der Waals surface area contributed by atoms with Gasteiger partial charge in [-0.25, -0.2) is 4.68 Å². The topological polar surface area (TPSA) is 68.5 Å². The summed E-state index contributed by atoms with van der Waals surface area (Å²) < 4.78 is 1.70. The molecule has 0 bridgehead atoms. The smallest absolute Gasteiger partial charge is 0.159 e. The second-order valence-corrected chi connectivity index (χ2v) is 3.55. The van der Waals surface area contributed by atoms with E-state index in [0.717, 1.165) is 17.9 Å². The molecule has 0 aliphatic carbocycles. The van der Waals surface area contributed by atoms with Gasteiger partial charge in [0, 0.05) is 26.0 Å². The molecule has 0 amide bonds. The Bertz CT molecular complexity index is 438. The third-order valence-electron chi connectivity index (χ3n) is 2.48. The summed E-state index contributed by atoms with van der Waals surface area (Å²) in [6, 6.07) is 3.97. The van der Waals surface area contributed by atoms with Gasteiger partial charge in [0.05, 0.1) is 5.92 Å². The molecule has 0 fully saturated rings. The molecule has 0 aliphatic heterocycles. The highest BCUT2D eigenvalue weighted by Crippen LogP contribution is 2.20. The van der Waals surface area contributed by atoms with Gasteiger partial charge in [-0.1, -0.05) is 0 Å². The van der Waals surface area contributed by atoms with Gasteiger partial charge in [-0.3, -0.25) is 4.98 Å². The van der Waals surface area contributed by atoms with Crippen molar-refractivity contribution < 1.29 is 0 Å². The van der Waals surface area contributed by atoms with E-state index in [1.807, 2.05) is 26.2 Å². The molecule has 0 aromatic carbocycles. The van der Waals surface area contributed by atoms with Crippen LogP contribution in [0.3, 0.4) is 0 Å². The summed E-state index contributed by atoms with van der Waals surface area (Å²) in [6.45, 7) is 0.790. The minimum absolute atomic E-state index is 0.146. The number of nitrogens with zero attached hydrogens (tertiary/aromatic N) is 5. The highest BCUT2D eigenvalue weighted by molar-refractivity contribution is 5.23. The molecule has 0 radical (unpaired) electrons. The molecular formula is C10H14N6. The molecule has 16 heavy (non-hydrogen) atoms. The van der Waals surface area contributed by atoms with Gasteiger partial charge in [0.1, 0.15) is 0 Å². The van der Waals surface area contributed by atoms with Gasteiger partial charge in [-0.15, -0.1) is 5.10 Å². The number of likely N-dealkylation sites (N-methyl/N-ethyl adjacent to an activating group) is 1. The minimum Gasteiger partial charge on any atom is -0.319 e. The molecule has 0 spiro atoms. The average molecular weight is 218 g/mol. The van der Waals surface area contributed by atoms with Crippen LogP contribution in [-0.4, -0.2) is 38.8 Å². The van der Waals surface area contributed by atoms with E-state index in [1.165, 1.54) is 0 Å². The normalized spacial score (nSPS) is 12.6. The fourth-order valence-electron chi connectivity index (χ4n) is 1.69. The maximum atomic E-state index is 4.05. The molecule has 6 heteroatoms. The quantitative estimate of drug-likeness (QED) is 0.779. The Hall–Kier alpha value is -1.82. The van der Waals surface area contributed by atoms with Crippen LogP contribution in [0.25, 0.3) is 0 Å².